The van der Waals surface area contributed by atoms with Crippen molar-refractivity contribution in [2.45, 2.75) is 25.3 Å². The largest absolute Gasteiger partial charge is 0.352 e. The molecule has 1 aromatic rings. The van der Waals surface area contributed by atoms with Gasteiger partial charge in [-0.1, -0.05) is 18.7 Å². The van der Waals surface area contributed by atoms with Crippen LogP contribution in [0.4, 0.5) is 8.78 Å². The fraction of sp³-hybridized carbons (Fsp3) is 0.375. The normalized spacial score (nSPS) is 16.5. The molecule has 2 rings (SSSR count). The average molecular weight is 308 g/mol. The Kier molecular flexibility index (Phi) is 4.90. The Bertz CT molecular complexity index is 562. The molecule has 2 amide bonds. The molecule has 0 bridgehead atoms. The van der Waals surface area contributed by atoms with E-state index in [9.17, 15) is 18.4 Å². The maximum atomic E-state index is 12.7. The summed E-state index contributed by atoms with van der Waals surface area (Å²) in [5.41, 5.74) is 1.32. The van der Waals surface area contributed by atoms with Gasteiger partial charge in [0.05, 0.1) is 0 Å². The van der Waals surface area contributed by atoms with Gasteiger partial charge in [-0.3, -0.25) is 9.59 Å². The number of nitrogens with one attached hydrogen (secondary N) is 2. The number of rotatable bonds is 6. The highest BCUT2D eigenvalue weighted by molar-refractivity contribution is 5.94. The Morgan fingerprint density at radius 1 is 1.23 bits per heavy atom. The Hall–Kier alpha value is -2.24. The third-order valence-corrected chi connectivity index (χ3v) is 3.59. The van der Waals surface area contributed by atoms with Crippen molar-refractivity contribution < 1.29 is 18.4 Å². The Balaban J connectivity index is 1.78. The Morgan fingerprint density at radius 2 is 1.86 bits per heavy atom. The van der Waals surface area contributed by atoms with E-state index in [1.165, 1.54) is 6.08 Å². The number of hydrogen-bond donors (Lipinski definition) is 2. The molecule has 0 aliphatic heterocycles. The van der Waals surface area contributed by atoms with Crippen LogP contribution in [0.25, 0.3) is 0 Å². The Morgan fingerprint density at radius 3 is 2.41 bits per heavy atom. The van der Waals surface area contributed by atoms with E-state index in [4.69, 9.17) is 0 Å². The number of carbonyl (C=O) groups excluding carboxylic acids is 2. The third kappa shape index (κ3) is 4.38. The first-order valence-corrected chi connectivity index (χ1v) is 7.05. The zero-order valence-electron chi connectivity index (χ0n) is 12.1. The highest BCUT2D eigenvalue weighted by Gasteiger charge is 2.44. The van der Waals surface area contributed by atoms with Gasteiger partial charge >= 0.3 is 0 Å². The number of amides is 2. The van der Waals surface area contributed by atoms with Gasteiger partial charge in [0.15, 0.2) is 0 Å². The van der Waals surface area contributed by atoms with Gasteiger partial charge in [-0.15, -0.1) is 0 Å². The van der Waals surface area contributed by atoms with E-state index in [1.807, 2.05) is 0 Å². The highest BCUT2D eigenvalue weighted by atomic mass is 19.3. The molecule has 1 fully saturated rings. The molecule has 4 nitrogen and oxygen atoms in total. The van der Waals surface area contributed by atoms with Crippen LogP contribution in [0, 0.1) is 5.92 Å². The van der Waals surface area contributed by atoms with Gasteiger partial charge in [-0.05, 0) is 29.7 Å². The van der Waals surface area contributed by atoms with Crippen LogP contribution in [0.3, 0.4) is 0 Å². The maximum Gasteiger partial charge on any atom is 0.251 e. The molecule has 1 aliphatic rings. The fourth-order valence-electron chi connectivity index (χ4n) is 2.30. The predicted octanol–water partition coefficient (Wildman–Crippen LogP) is 2.26. The van der Waals surface area contributed by atoms with Crippen LogP contribution < -0.4 is 10.6 Å². The molecule has 0 radical (unpaired) electrons. The van der Waals surface area contributed by atoms with Crippen LogP contribution >= 0.6 is 0 Å². The van der Waals surface area contributed by atoms with Crippen molar-refractivity contribution in [1.29, 1.82) is 0 Å². The molecule has 0 saturated heterocycles. The lowest BCUT2D eigenvalue weighted by atomic mass is 9.81. The second kappa shape index (κ2) is 6.68. The SMILES string of the molecule is C=CC(=O)NCc1ccc(C(=O)NCC2CC(F)(F)C2)cc1. The van der Waals surface area contributed by atoms with Gasteiger partial charge in [0.2, 0.25) is 11.8 Å². The molecular formula is C16H18F2N2O2. The summed E-state index contributed by atoms with van der Waals surface area (Å²) in [7, 11) is 0. The lowest BCUT2D eigenvalue weighted by Gasteiger charge is -2.34. The second-order valence-electron chi connectivity index (χ2n) is 5.46. The summed E-state index contributed by atoms with van der Waals surface area (Å²) in [6.45, 7) is 3.97. The van der Waals surface area contributed by atoms with Crippen LogP contribution in [0.2, 0.25) is 0 Å². The predicted molar refractivity (Wildman–Crippen MR) is 78.5 cm³/mol. The molecule has 0 atom stereocenters. The summed E-state index contributed by atoms with van der Waals surface area (Å²) < 4.78 is 25.4. The summed E-state index contributed by atoms with van der Waals surface area (Å²) in [5.74, 6) is -3.25. The second-order valence-corrected chi connectivity index (χ2v) is 5.46. The van der Waals surface area contributed by atoms with Crippen LogP contribution in [0.5, 0.6) is 0 Å². The summed E-state index contributed by atoms with van der Waals surface area (Å²) >= 11 is 0. The summed E-state index contributed by atoms with van der Waals surface area (Å²) in [6.07, 6.45) is 0.871. The molecular weight excluding hydrogens is 290 g/mol. The van der Waals surface area contributed by atoms with E-state index in [0.717, 1.165) is 5.56 Å². The first-order valence-electron chi connectivity index (χ1n) is 7.05. The van der Waals surface area contributed by atoms with Crippen molar-refractivity contribution in [2.24, 2.45) is 5.92 Å². The number of halogens is 2. The molecule has 6 heteroatoms. The molecule has 0 unspecified atom stereocenters. The smallest absolute Gasteiger partial charge is 0.251 e. The lowest BCUT2D eigenvalue weighted by Crippen LogP contribution is -2.42. The number of alkyl halides is 2. The van der Waals surface area contributed by atoms with Crippen LogP contribution in [0.15, 0.2) is 36.9 Å². The highest BCUT2D eigenvalue weighted by Crippen LogP contribution is 2.41. The summed E-state index contributed by atoms with van der Waals surface area (Å²) in [4.78, 5) is 22.9. The van der Waals surface area contributed by atoms with Gasteiger partial charge in [0.25, 0.3) is 5.91 Å². The van der Waals surface area contributed by atoms with Crippen LogP contribution in [-0.4, -0.2) is 24.3 Å². The first-order chi connectivity index (χ1) is 10.4. The number of carbonyl (C=O) groups is 2. The van der Waals surface area contributed by atoms with Crippen LogP contribution in [0.1, 0.15) is 28.8 Å². The van der Waals surface area contributed by atoms with E-state index in [0.29, 0.717) is 12.1 Å². The van der Waals surface area contributed by atoms with Crippen molar-refractivity contribution in [3.05, 3.63) is 48.0 Å². The monoisotopic (exact) mass is 308 g/mol. The van der Waals surface area contributed by atoms with Gasteiger partial charge in [0, 0.05) is 31.5 Å². The van der Waals surface area contributed by atoms with E-state index in [2.05, 4.69) is 17.2 Å². The summed E-state index contributed by atoms with van der Waals surface area (Å²) in [6, 6.07) is 6.74. The van der Waals surface area contributed by atoms with Crippen molar-refractivity contribution in [3.8, 4) is 0 Å². The van der Waals surface area contributed by atoms with Gasteiger partial charge in [-0.2, -0.15) is 0 Å². The van der Waals surface area contributed by atoms with E-state index in [-0.39, 0.29) is 37.1 Å². The number of benzene rings is 1. The van der Waals surface area contributed by atoms with Gasteiger partial charge in [-0.25, -0.2) is 8.78 Å². The molecule has 0 aromatic heterocycles. The first kappa shape index (κ1) is 16.1. The molecule has 0 heterocycles. The minimum atomic E-state index is -2.56. The topological polar surface area (TPSA) is 58.2 Å². The van der Waals surface area contributed by atoms with Crippen molar-refractivity contribution in [3.63, 3.8) is 0 Å². The zero-order valence-corrected chi connectivity index (χ0v) is 12.1. The van der Waals surface area contributed by atoms with E-state index in [1.54, 1.807) is 24.3 Å². The van der Waals surface area contributed by atoms with Gasteiger partial charge < -0.3 is 10.6 Å². The molecule has 22 heavy (non-hydrogen) atoms. The third-order valence-electron chi connectivity index (χ3n) is 3.59. The molecule has 1 saturated carbocycles. The quantitative estimate of drug-likeness (QED) is 0.792. The van der Waals surface area contributed by atoms with Crippen molar-refractivity contribution in [2.75, 3.05) is 6.54 Å². The molecule has 1 aromatic carbocycles. The minimum absolute atomic E-state index is 0.146. The Labute approximate surface area is 127 Å². The molecule has 2 N–H and O–H groups in total. The van der Waals surface area contributed by atoms with Gasteiger partial charge in [0.1, 0.15) is 0 Å². The summed E-state index contributed by atoms with van der Waals surface area (Å²) in [5, 5.41) is 5.29. The molecule has 1 aliphatic carbocycles. The fourth-order valence-corrected chi connectivity index (χ4v) is 2.30. The molecule has 0 spiro atoms. The number of hydrogen-bond acceptors (Lipinski definition) is 2. The van der Waals surface area contributed by atoms with Crippen molar-refractivity contribution >= 4 is 11.8 Å². The van der Waals surface area contributed by atoms with Crippen molar-refractivity contribution in [1.82, 2.24) is 10.6 Å². The lowest BCUT2D eigenvalue weighted by molar-refractivity contribution is -0.116. The zero-order chi connectivity index (χ0) is 16.2. The van der Waals surface area contributed by atoms with E-state index < -0.39 is 5.92 Å². The molecule has 118 valence electrons. The van der Waals surface area contributed by atoms with Crippen LogP contribution in [-0.2, 0) is 11.3 Å². The van der Waals surface area contributed by atoms with E-state index >= 15 is 0 Å². The maximum absolute atomic E-state index is 12.7. The average Bonchev–Trinajstić information content (AvgIpc) is 2.48. The minimum Gasteiger partial charge on any atom is -0.352 e. The standard InChI is InChI=1S/C16H18F2N2O2/c1-2-14(21)19-9-11-3-5-13(6-4-11)15(22)20-10-12-7-16(17,18)8-12/h2-6,12H,1,7-10H2,(H,19,21)(H,20,22).